The van der Waals surface area contributed by atoms with Crippen LogP contribution in [0.5, 0.6) is 0 Å². The van der Waals surface area contributed by atoms with Crippen molar-refractivity contribution in [3.8, 4) is 0 Å². The topological polar surface area (TPSA) is 30.2 Å². The molecule has 0 saturated heterocycles. The first-order valence-electron chi connectivity index (χ1n) is 5.42. The molecule has 0 bridgehead atoms. The second-order valence-corrected chi connectivity index (χ2v) is 4.51. The highest BCUT2D eigenvalue weighted by molar-refractivity contribution is 5.58. The normalized spacial score (nSPS) is 11.9. The summed E-state index contributed by atoms with van der Waals surface area (Å²) in [7, 11) is 0. The second-order valence-electron chi connectivity index (χ2n) is 4.51. The summed E-state index contributed by atoms with van der Waals surface area (Å²) in [6.45, 7) is 8.66. The Morgan fingerprint density at radius 3 is 2.20 bits per heavy atom. The minimum absolute atomic E-state index is 0.433. The quantitative estimate of drug-likeness (QED) is 0.751. The van der Waals surface area contributed by atoms with E-state index in [4.69, 9.17) is 0 Å². The predicted octanol–water partition coefficient (Wildman–Crippen LogP) is 2.98. The van der Waals surface area contributed by atoms with E-state index in [0.717, 1.165) is 11.4 Å². The highest BCUT2D eigenvalue weighted by Crippen LogP contribution is 2.25. The van der Waals surface area contributed by atoms with E-state index in [9.17, 15) is 0 Å². The Kier molecular flexibility index (Phi) is 2.47. The molecule has 0 aliphatic carbocycles. The molecule has 0 amide bonds. The first-order chi connectivity index (χ1) is 7.11. The Balaban J connectivity index is 2.75. The minimum atomic E-state index is 0.433. The van der Waals surface area contributed by atoms with Gasteiger partial charge in [-0.2, -0.15) is 0 Å². The molecule has 3 nitrogen and oxygen atoms in total. The number of hydrogen-bond acceptors (Lipinski definition) is 2. The number of imidazole rings is 1. The fourth-order valence-corrected chi connectivity index (χ4v) is 1.84. The van der Waals surface area contributed by atoms with Crippen LogP contribution in [0.4, 0.5) is 0 Å². The van der Waals surface area contributed by atoms with E-state index in [1.165, 1.54) is 5.52 Å². The summed E-state index contributed by atoms with van der Waals surface area (Å²) < 4.78 is 2.07. The van der Waals surface area contributed by atoms with E-state index >= 15 is 0 Å². The van der Waals surface area contributed by atoms with E-state index < -0.39 is 0 Å². The molecule has 3 heteroatoms. The summed E-state index contributed by atoms with van der Waals surface area (Å²) in [5, 5.41) is 0. The van der Waals surface area contributed by atoms with Crippen molar-refractivity contribution < 1.29 is 0 Å². The van der Waals surface area contributed by atoms with E-state index in [1.807, 2.05) is 18.7 Å². The van der Waals surface area contributed by atoms with Crippen molar-refractivity contribution in [2.24, 2.45) is 0 Å². The van der Waals surface area contributed by atoms with Crippen LogP contribution in [0.25, 0.3) is 5.52 Å². The molecule has 0 aliphatic rings. The Hall–Kier alpha value is -1.38. The molecular formula is C12H17N3. The molecule has 2 heterocycles. The standard InChI is InChI=1S/C12H17N3/c1-8(2)10-12-11(9(3)4)14-7-15(12)6-5-13-10/h5-9H,1-4H3. The third-order valence-electron chi connectivity index (χ3n) is 2.60. The average molecular weight is 203 g/mol. The third-order valence-corrected chi connectivity index (χ3v) is 2.60. The smallest absolute Gasteiger partial charge is 0.0996 e. The lowest BCUT2D eigenvalue weighted by Gasteiger charge is -2.09. The lowest BCUT2D eigenvalue weighted by Crippen LogP contribution is -1.99. The van der Waals surface area contributed by atoms with Crippen LogP contribution >= 0.6 is 0 Å². The molecule has 2 rings (SSSR count). The molecule has 2 aromatic heterocycles. The lowest BCUT2D eigenvalue weighted by molar-refractivity contribution is 0.805. The zero-order valence-electron chi connectivity index (χ0n) is 9.73. The van der Waals surface area contributed by atoms with Gasteiger partial charge in [-0.3, -0.25) is 4.98 Å². The Morgan fingerprint density at radius 2 is 1.60 bits per heavy atom. The number of rotatable bonds is 2. The first-order valence-corrected chi connectivity index (χ1v) is 5.42. The van der Waals surface area contributed by atoms with Crippen LogP contribution in [-0.2, 0) is 0 Å². The van der Waals surface area contributed by atoms with Gasteiger partial charge in [-0.15, -0.1) is 0 Å². The van der Waals surface area contributed by atoms with Gasteiger partial charge < -0.3 is 4.40 Å². The molecule has 2 aromatic rings. The minimum Gasteiger partial charge on any atom is -0.303 e. The Bertz CT molecular complexity index is 469. The molecule has 0 aliphatic heterocycles. The molecule has 0 spiro atoms. The van der Waals surface area contributed by atoms with Crippen LogP contribution in [0.1, 0.15) is 50.9 Å². The van der Waals surface area contributed by atoms with E-state index in [0.29, 0.717) is 11.8 Å². The van der Waals surface area contributed by atoms with Gasteiger partial charge in [0, 0.05) is 12.4 Å². The van der Waals surface area contributed by atoms with Crippen LogP contribution < -0.4 is 0 Å². The molecule has 80 valence electrons. The fraction of sp³-hybridized carbons (Fsp3) is 0.500. The molecule has 0 N–H and O–H groups in total. The summed E-state index contributed by atoms with van der Waals surface area (Å²) in [5.41, 5.74) is 3.47. The number of nitrogens with zero attached hydrogens (tertiary/aromatic N) is 3. The molecule has 0 atom stereocenters. The van der Waals surface area contributed by atoms with Gasteiger partial charge in [-0.05, 0) is 11.8 Å². The molecule has 0 fully saturated rings. The average Bonchev–Trinajstić information content (AvgIpc) is 2.60. The summed E-state index contributed by atoms with van der Waals surface area (Å²) in [6, 6.07) is 0. The zero-order valence-corrected chi connectivity index (χ0v) is 9.73. The van der Waals surface area contributed by atoms with Crippen LogP contribution in [0.15, 0.2) is 18.7 Å². The van der Waals surface area contributed by atoms with E-state index in [1.54, 1.807) is 0 Å². The van der Waals surface area contributed by atoms with Gasteiger partial charge in [0.2, 0.25) is 0 Å². The maximum atomic E-state index is 4.46. The van der Waals surface area contributed by atoms with Crippen LogP contribution in [-0.4, -0.2) is 14.4 Å². The maximum absolute atomic E-state index is 4.46. The third kappa shape index (κ3) is 1.62. The van der Waals surface area contributed by atoms with Crippen molar-refractivity contribution in [1.29, 1.82) is 0 Å². The molecule has 0 aromatic carbocycles. The van der Waals surface area contributed by atoms with Crippen molar-refractivity contribution in [2.75, 3.05) is 0 Å². The van der Waals surface area contributed by atoms with Gasteiger partial charge in [0.15, 0.2) is 0 Å². The van der Waals surface area contributed by atoms with Gasteiger partial charge in [0.25, 0.3) is 0 Å². The number of hydrogen-bond donors (Lipinski definition) is 0. The highest BCUT2D eigenvalue weighted by atomic mass is 15.0. The summed E-state index contributed by atoms with van der Waals surface area (Å²) in [4.78, 5) is 8.92. The van der Waals surface area contributed by atoms with Gasteiger partial charge in [0.1, 0.15) is 0 Å². The fourth-order valence-electron chi connectivity index (χ4n) is 1.84. The van der Waals surface area contributed by atoms with Gasteiger partial charge in [-0.1, -0.05) is 27.7 Å². The second kappa shape index (κ2) is 3.65. The number of fused-ring (bicyclic) bond motifs is 1. The van der Waals surface area contributed by atoms with Gasteiger partial charge in [-0.25, -0.2) is 4.98 Å². The van der Waals surface area contributed by atoms with E-state index in [2.05, 4.69) is 42.1 Å². The molecule has 0 radical (unpaired) electrons. The maximum Gasteiger partial charge on any atom is 0.0996 e. The lowest BCUT2D eigenvalue weighted by atomic mass is 10.0. The largest absolute Gasteiger partial charge is 0.303 e. The van der Waals surface area contributed by atoms with Gasteiger partial charge in [0.05, 0.1) is 23.2 Å². The van der Waals surface area contributed by atoms with Crippen molar-refractivity contribution in [1.82, 2.24) is 14.4 Å². The monoisotopic (exact) mass is 203 g/mol. The van der Waals surface area contributed by atoms with Crippen molar-refractivity contribution in [3.63, 3.8) is 0 Å². The SMILES string of the molecule is CC(C)c1nccn2cnc(C(C)C)c12. The molecule has 15 heavy (non-hydrogen) atoms. The van der Waals surface area contributed by atoms with Gasteiger partial charge >= 0.3 is 0 Å². The summed E-state index contributed by atoms with van der Waals surface area (Å²) >= 11 is 0. The Labute approximate surface area is 90.2 Å². The van der Waals surface area contributed by atoms with Crippen molar-refractivity contribution in [2.45, 2.75) is 39.5 Å². The first kappa shape index (κ1) is 10.1. The molecular weight excluding hydrogens is 186 g/mol. The van der Waals surface area contributed by atoms with E-state index in [-0.39, 0.29) is 0 Å². The zero-order chi connectivity index (χ0) is 11.0. The van der Waals surface area contributed by atoms with Crippen LogP contribution in [0.3, 0.4) is 0 Å². The molecule has 0 saturated carbocycles. The summed E-state index contributed by atoms with van der Waals surface area (Å²) in [5.74, 6) is 0.875. The Morgan fingerprint density at radius 1 is 1.00 bits per heavy atom. The van der Waals surface area contributed by atoms with Crippen LogP contribution in [0, 0.1) is 0 Å². The number of aromatic nitrogens is 3. The molecule has 0 unspecified atom stereocenters. The van der Waals surface area contributed by atoms with Crippen molar-refractivity contribution in [3.05, 3.63) is 30.1 Å². The predicted molar refractivity (Wildman–Crippen MR) is 61.2 cm³/mol. The van der Waals surface area contributed by atoms with Crippen LogP contribution in [0.2, 0.25) is 0 Å². The van der Waals surface area contributed by atoms with Crippen molar-refractivity contribution >= 4 is 5.52 Å². The summed E-state index contributed by atoms with van der Waals surface area (Å²) in [6.07, 6.45) is 5.67. The highest BCUT2D eigenvalue weighted by Gasteiger charge is 2.14.